The predicted octanol–water partition coefficient (Wildman–Crippen LogP) is 2.96. The molecule has 1 aliphatic heterocycles. The molecule has 1 heterocycles. The molecule has 1 fully saturated rings. The number of nitrogens with zero attached hydrogens (tertiary/aromatic N) is 1. The maximum Gasteiger partial charge on any atom is 0.254 e. The van der Waals surface area contributed by atoms with Gasteiger partial charge in [0.1, 0.15) is 5.75 Å². The smallest absolute Gasteiger partial charge is 0.254 e. The van der Waals surface area contributed by atoms with Crippen molar-refractivity contribution in [2.45, 2.75) is 39.7 Å². The topological polar surface area (TPSA) is 40.5 Å². The third-order valence-electron chi connectivity index (χ3n) is 3.79. The fourth-order valence-electron chi connectivity index (χ4n) is 2.65. The predicted molar refractivity (Wildman–Crippen MR) is 71.7 cm³/mol. The Hall–Kier alpha value is -1.51. The Morgan fingerprint density at radius 2 is 2.17 bits per heavy atom. The van der Waals surface area contributed by atoms with Crippen LogP contribution in [-0.2, 0) is 0 Å². The number of hydrogen-bond donors (Lipinski definition) is 1. The van der Waals surface area contributed by atoms with Gasteiger partial charge in [-0.25, -0.2) is 0 Å². The highest BCUT2D eigenvalue weighted by Crippen LogP contribution is 2.27. The lowest BCUT2D eigenvalue weighted by Crippen LogP contribution is -2.38. The van der Waals surface area contributed by atoms with E-state index in [-0.39, 0.29) is 11.7 Å². The number of amides is 1. The molecule has 1 unspecified atom stereocenters. The van der Waals surface area contributed by atoms with Crippen LogP contribution in [-0.4, -0.2) is 28.5 Å². The zero-order valence-electron chi connectivity index (χ0n) is 11.3. The highest BCUT2D eigenvalue weighted by atomic mass is 16.3. The summed E-state index contributed by atoms with van der Waals surface area (Å²) in [5.41, 5.74) is 1.39. The molecule has 98 valence electrons. The molecule has 3 nitrogen and oxygen atoms in total. The maximum absolute atomic E-state index is 12.4. The first-order valence-corrected chi connectivity index (χ1v) is 6.61. The van der Waals surface area contributed by atoms with E-state index in [1.54, 1.807) is 18.2 Å². The fourth-order valence-corrected chi connectivity index (χ4v) is 2.65. The van der Waals surface area contributed by atoms with Crippen molar-refractivity contribution in [3.8, 4) is 5.75 Å². The van der Waals surface area contributed by atoms with Gasteiger partial charge in [0.15, 0.2) is 0 Å². The minimum absolute atomic E-state index is 0.0431. The number of aryl methyl sites for hydroxylation is 1. The van der Waals surface area contributed by atoms with Crippen molar-refractivity contribution in [3.63, 3.8) is 0 Å². The van der Waals surface area contributed by atoms with Gasteiger partial charge in [0.2, 0.25) is 0 Å². The lowest BCUT2D eigenvalue weighted by atomic mass is 10.0. The van der Waals surface area contributed by atoms with Gasteiger partial charge in [-0.2, -0.15) is 0 Å². The normalized spacial score (nSPS) is 19.6. The molecule has 3 heteroatoms. The Kier molecular flexibility index (Phi) is 3.60. The van der Waals surface area contributed by atoms with E-state index in [0.29, 0.717) is 17.5 Å². The summed E-state index contributed by atoms with van der Waals surface area (Å²) in [6.45, 7) is 6.97. The van der Waals surface area contributed by atoms with E-state index in [2.05, 4.69) is 13.8 Å². The van der Waals surface area contributed by atoms with Gasteiger partial charge < -0.3 is 10.0 Å². The van der Waals surface area contributed by atoms with Gasteiger partial charge in [0.05, 0.1) is 0 Å². The van der Waals surface area contributed by atoms with Gasteiger partial charge in [0, 0.05) is 18.2 Å². The molecular formula is C15H21NO2. The molecule has 0 aliphatic carbocycles. The first-order chi connectivity index (χ1) is 8.50. The van der Waals surface area contributed by atoms with Crippen molar-refractivity contribution in [1.82, 2.24) is 4.90 Å². The Labute approximate surface area is 108 Å². The fraction of sp³-hybridized carbons (Fsp3) is 0.533. The van der Waals surface area contributed by atoms with Gasteiger partial charge >= 0.3 is 0 Å². The van der Waals surface area contributed by atoms with Crippen LogP contribution in [0.1, 0.15) is 42.6 Å². The molecule has 1 amide bonds. The molecule has 1 aromatic rings. The third-order valence-corrected chi connectivity index (χ3v) is 3.79. The molecule has 2 rings (SSSR count). The number of phenols is 1. The van der Waals surface area contributed by atoms with Crippen molar-refractivity contribution < 1.29 is 9.90 Å². The number of benzene rings is 1. The number of carbonyl (C=O) groups is 1. The van der Waals surface area contributed by atoms with E-state index in [0.717, 1.165) is 24.9 Å². The third kappa shape index (κ3) is 2.35. The second kappa shape index (κ2) is 5.01. The molecule has 1 saturated heterocycles. The number of rotatable bonds is 2. The minimum atomic E-state index is 0.0431. The van der Waals surface area contributed by atoms with Gasteiger partial charge in [-0.1, -0.05) is 19.9 Å². The summed E-state index contributed by atoms with van der Waals surface area (Å²) in [6.07, 6.45) is 2.16. The van der Waals surface area contributed by atoms with Crippen molar-refractivity contribution in [2.75, 3.05) is 6.54 Å². The number of likely N-dealkylation sites (tertiary alicyclic amines) is 1. The van der Waals surface area contributed by atoms with E-state index in [9.17, 15) is 9.90 Å². The van der Waals surface area contributed by atoms with Crippen molar-refractivity contribution in [2.24, 2.45) is 5.92 Å². The molecule has 0 radical (unpaired) electrons. The van der Waals surface area contributed by atoms with Gasteiger partial charge in [-0.3, -0.25) is 4.79 Å². The maximum atomic E-state index is 12.4. The van der Waals surface area contributed by atoms with Crippen LogP contribution >= 0.6 is 0 Å². The van der Waals surface area contributed by atoms with Crippen LogP contribution < -0.4 is 0 Å². The summed E-state index contributed by atoms with van der Waals surface area (Å²) < 4.78 is 0. The van der Waals surface area contributed by atoms with Gasteiger partial charge in [-0.15, -0.1) is 0 Å². The molecule has 0 bridgehead atoms. The van der Waals surface area contributed by atoms with Crippen LogP contribution in [0.25, 0.3) is 0 Å². The van der Waals surface area contributed by atoms with E-state index in [1.807, 2.05) is 11.8 Å². The van der Waals surface area contributed by atoms with Gasteiger partial charge in [0.25, 0.3) is 5.91 Å². The van der Waals surface area contributed by atoms with Crippen molar-refractivity contribution in [3.05, 3.63) is 29.3 Å². The summed E-state index contributed by atoms with van der Waals surface area (Å²) in [5, 5.41) is 9.70. The Balaban J connectivity index is 2.22. The Morgan fingerprint density at radius 1 is 1.44 bits per heavy atom. The monoisotopic (exact) mass is 247 g/mol. The molecule has 18 heavy (non-hydrogen) atoms. The molecule has 0 aromatic heterocycles. The first kappa shape index (κ1) is 12.9. The van der Waals surface area contributed by atoms with E-state index in [4.69, 9.17) is 0 Å². The van der Waals surface area contributed by atoms with Gasteiger partial charge in [-0.05, 0) is 43.4 Å². The quantitative estimate of drug-likeness (QED) is 0.872. The molecule has 1 atom stereocenters. The number of phenolic OH excluding ortho intramolecular Hbond substituents is 1. The van der Waals surface area contributed by atoms with Crippen LogP contribution in [0.5, 0.6) is 5.75 Å². The molecular weight excluding hydrogens is 226 g/mol. The lowest BCUT2D eigenvalue weighted by molar-refractivity contribution is 0.0701. The van der Waals surface area contributed by atoms with Crippen LogP contribution in [0.4, 0.5) is 0 Å². The van der Waals surface area contributed by atoms with Crippen LogP contribution in [0.15, 0.2) is 18.2 Å². The largest absolute Gasteiger partial charge is 0.508 e. The first-order valence-electron chi connectivity index (χ1n) is 6.61. The average molecular weight is 247 g/mol. The highest BCUT2D eigenvalue weighted by Gasteiger charge is 2.31. The number of aromatic hydroxyl groups is 1. The molecule has 0 spiro atoms. The minimum Gasteiger partial charge on any atom is -0.508 e. The average Bonchev–Trinajstić information content (AvgIpc) is 2.81. The lowest BCUT2D eigenvalue weighted by Gasteiger charge is -2.27. The molecule has 1 aromatic carbocycles. The van der Waals surface area contributed by atoms with E-state index >= 15 is 0 Å². The van der Waals surface area contributed by atoms with Crippen molar-refractivity contribution >= 4 is 5.91 Å². The summed E-state index contributed by atoms with van der Waals surface area (Å²) in [4.78, 5) is 14.4. The summed E-state index contributed by atoms with van der Waals surface area (Å²) in [6, 6.07) is 5.50. The highest BCUT2D eigenvalue weighted by molar-refractivity contribution is 5.95. The van der Waals surface area contributed by atoms with E-state index < -0.39 is 0 Å². The Morgan fingerprint density at radius 3 is 2.78 bits per heavy atom. The zero-order valence-corrected chi connectivity index (χ0v) is 11.3. The molecule has 1 aliphatic rings. The summed E-state index contributed by atoms with van der Waals surface area (Å²) in [7, 11) is 0. The second-order valence-electron chi connectivity index (χ2n) is 5.45. The SMILES string of the molecule is Cc1ccc(C(=O)N2CCCC2C(C)C)cc1O. The number of carbonyl (C=O) groups excluding carboxylic acids is 1. The van der Waals surface area contributed by atoms with Crippen molar-refractivity contribution in [1.29, 1.82) is 0 Å². The van der Waals surface area contributed by atoms with Crippen LogP contribution in [0.2, 0.25) is 0 Å². The summed E-state index contributed by atoms with van der Waals surface area (Å²) in [5.74, 6) is 0.720. The summed E-state index contributed by atoms with van der Waals surface area (Å²) >= 11 is 0. The number of hydrogen-bond acceptors (Lipinski definition) is 2. The standard InChI is InChI=1S/C15H21NO2/c1-10(2)13-5-4-8-16(13)15(18)12-7-6-11(3)14(17)9-12/h6-7,9-10,13,17H,4-5,8H2,1-3H3. The molecule has 1 N–H and O–H groups in total. The van der Waals surface area contributed by atoms with E-state index in [1.165, 1.54) is 0 Å². The molecule has 0 saturated carbocycles. The zero-order chi connectivity index (χ0) is 13.3. The second-order valence-corrected chi connectivity index (χ2v) is 5.45. The van der Waals surface area contributed by atoms with Crippen LogP contribution in [0, 0.1) is 12.8 Å². The Bertz CT molecular complexity index is 454. The van der Waals surface area contributed by atoms with Crippen LogP contribution in [0.3, 0.4) is 0 Å².